The smallest absolute Gasteiger partial charge is 0.338 e. The van der Waals surface area contributed by atoms with Gasteiger partial charge in [-0.25, -0.2) is 4.79 Å². The van der Waals surface area contributed by atoms with Crippen molar-refractivity contribution in [3.05, 3.63) is 51.2 Å². The van der Waals surface area contributed by atoms with E-state index in [0.717, 1.165) is 0 Å². The van der Waals surface area contributed by atoms with E-state index in [-0.39, 0.29) is 5.91 Å². The summed E-state index contributed by atoms with van der Waals surface area (Å²) < 4.78 is 5.46. The fourth-order valence-corrected chi connectivity index (χ4v) is 2.51. The molecule has 0 fully saturated rings. The number of ether oxygens (including phenoxy) is 1. The first-order chi connectivity index (χ1) is 9.60. The number of thiophene rings is 1. The fraction of sp³-hybridized carbons (Fsp3) is 0.143. The first-order valence-electron chi connectivity index (χ1n) is 5.94. The average molecular weight is 310 g/mol. The number of hydrogen-bond acceptors (Lipinski definition) is 4. The van der Waals surface area contributed by atoms with E-state index in [2.05, 4.69) is 5.32 Å². The molecule has 20 heavy (non-hydrogen) atoms. The molecule has 0 atom stereocenters. The molecule has 0 radical (unpaired) electrons. The van der Waals surface area contributed by atoms with Crippen molar-refractivity contribution in [2.24, 2.45) is 0 Å². The molecule has 0 bridgehead atoms. The van der Waals surface area contributed by atoms with E-state index >= 15 is 0 Å². The maximum atomic E-state index is 12.0. The molecule has 2 rings (SSSR count). The second kappa shape index (κ2) is 6.54. The summed E-state index contributed by atoms with van der Waals surface area (Å²) in [6.07, 6.45) is 0. The van der Waals surface area contributed by atoms with E-state index in [0.29, 0.717) is 27.1 Å². The zero-order valence-electron chi connectivity index (χ0n) is 10.7. The molecule has 2 aromatic rings. The number of carbonyl (C=O) groups is 2. The molecule has 0 unspecified atom stereocenters. The van der Waals surface area contributed by atoms with Gasteiger partial charge in [0.05, 0.1) is 21.4 Å². The number of benzene rings is 1. The molecule has 1 aromatic carbocycles. The summed E-state index contributed by atoms with van der Waals surface area (Å²) in [4.78, 5) is 24.1. The number of carbonyl (C=O) groups excluding carboxylic acids is 2. The largest absolute Gasteiger partial charge is 0.462 e. The van der Waals surface area contributed by atoms with Crippen LogP contribution in [0.25, 0.3) is 0 Å². The van der Waals surface area contributed by atoms with Gasteiger partial charge >= 0.3 is 5.97 Å². The van der Waals surface area contributed by atoms with E-state index < -0.39 is 5.97 Å². The van der Waals surface area contributed by atoms with Crippen molar-refractivity contribution in [3.8, 4) is 0 Å². The summed E-state index contributed by atoms with van der Waals surface area (Å²) in [5.41, 5.74) is 0.930. The third-order valence-electron chi connectivity index (χ3n) is 2.43. The van der Waals surface area contributed by atoms with Crippen molar-refractivity contribution in [3.63, 3.8) is 0 Å². The Bertz CT molecular complexity index is 639. The van der Waals surface area contributed by atoms with Crippen LogP contribution in [0, 0.1) is 0 Å². The number of esters is 1. The molecular weight excluding hydrogens is 298 g/mol. The van der Waals surface area contributed by atoms with Crippen LogP contribution in [0.3, 0.4) is 0 Å². The third-order valence-corrected chi connectivity index (χ3v) is 3.66. The maximum Gasteiger partial charge on any atom is 0.338 e. The van der Waals surface area contributed by atoms with E-state index in [1.165, 1.54) is 11.3 Å². The molecule has 0 aliphatic carbocycles. The SMILES string of the molecule is CCOC(=O)c1cccc(NC(=O)c2ccc(Cl)s2)c1. The van der Waals surface area contributed by atoms with Gasteiger partial charge in [-0.3, -0.25) is 4.79 Å². The lowest BCUT2D eigenvalue weighted by Gasteiger charge is -2.06. The molecule has 1 heterocycles. The van der Waals surface area contributed by atoms with Crippen molar-refractivity contribution in [1.82, 2.24) is 0 Å². The lowest BCUT2D eigenvalue weighted by Crippen LogP contribution is -2.11. The number of hydrogen-bond donors (Lipinski definition) is 1. The number of amides is 1. The molecule has 1 aromatic heterocycles. The van der Waals surface area contributed by atoms with Crippen LogP contribution in [0.15, 0.2) is 36.4 Å². The highest BCUT2D eigenvalue weighted by molar-refractivity contribution is 7.18. The average Bonchev–Trinajstić information content (AvgIpc) is 2.86. The van der Waals surface area contributed by atoms with E-state index in [1.54, 1.807) is 43.3 Å². The van der Waals surface area contributed by atoms with E-state index in [1.807, 2.05) is 0 Å². The van der Waals surface area contributed by atoms with Gasteiger partial charge in [0.2, 0.25) is 0 Å². The molecule has 104 valence electrons. The van der Waals surface area contributed by atoms with Crippen molar-refractivity contribution >= 4 is 40.5 Å². The summed E-state index contributed by atoms with van der Waals surface area (Å²) in [5.74, 6) is -0.675. The summed E-state index contributed by atoms with van der Waals surface area (Å²) in [5, 5.41) is 2.71. The monoisotopic (exact) mass is 309 g/mol. The highest BCUT2D eigenvalue weighted by Gasteiger charge is 2.11. The quantitative estimate of drug-likeness (QED) is 0.873. The highest BCUT2D eigenvalue weighted by Crippen LogP contribution is 2.22. The Kier molecular flexibility index (Phi) is 4.76. The Morgan fingerprint density at radius 2 is 2.10 bits per heavy atom. The van der Waals surface area contributed by atoms with E-state index in [9.17, 15) is 9.59 Å². The minimum absolute atomic E-state index is 0.261. The summed E-state index contributed by atoms with van der Waals surface area (Å²) in [6.45, 7) is 2.05. The minimum Gasteiger partial charge on any atom is -0.462 e. The topological polar surface area (TPSA) is 55.4 Å². The Morgan fingerprint density at radius 3 is 2.75 bits per heavy atom. The lowest BCUT2D eigenvalue weighted by molar-refractivity contribution is 0.0526. The first kappa shape index (κ1) is 14.6. The molecule has 1 amide bonds. The summed E-state index contributed by atoms with van der Waals surface area (Å²) in [7, 11) is 0. The number of halogens is 1. The predicted octanol–water partition coefficient (Wildman–Crippen LogP) is 3.83. The molecule has 0 saturated carbocycles. The van der Waals surface area contributed by atoms with Crippen LogP contribution in [0.4, 0.5) is 5.69 Å². The zero-order valence-corrected chi connectivity index (χ0v) is 12.3. The maximum absolute atomic E-state index is 12.0. The van der Waals surface area contributed by atoms with Gasteiger partial charge in [-0.05, 0) is 37.3 Å². The Hall–Kier alpha value is -1.85. The van der Waals surface area contributed by atoms with Crippen LogP contribution in [0.5, 0.6) is 0 Å². The van der Waals surface area contributed by atoms with Crippen LogP contribution in [-0.2, 0) is 4.74 Å². The molecule has 4 nitrogen and oxygen atoms in total. The third kappa shape index (κ3) is 3.59. The van der Waals surface area contributed by atoms with Gasteiger partial charge in [0.15, 0.2) is 0 Å². The molecular formula is C14H12ClNO3S. The van der Waals surface area contributed by atoms with Crippen molar-refractivity contribution < 1.29 is 14.3 Å². The highest BCUT2D eigenvalue weighted by atomic mass is 35.5. The van der Waals surface area contributed by atoms with Gasteiger partial charge in [0, 0.05) is 5.69 Å². The Labute approximate surface area is 125 Å². The van der Waals surface area contributed by atoms with Gasteiger partial charge < -0.3 is 10.1 Å². The zero-order chi connectivity index (χ0) is 14.5. The van der Waals surface area contributed by atoms with Gasteiger partial charge in [-0.1, -0.05) is 17.7 Å². The molecule has 1 N–H and O–H groups in total. The first-order valence-corrected chi connectivity index (χ1v) is 7.13. The molecule has 0 spiro atoms. The molecule has 0 saturated heterocycles. The van der Waals surface area contributed by atoms with Crippen LogP contribution < -0.4 is 5.32 Å². The second-order valence-electron chi connectivity index (χ2n) is 3.86. The Morgan fingerprint density at radius 1 is 1.30 bits per heavy atom. The number of nitrogens with one attached hydrogen (secondary N) is 1. The fourth-order valence-electron chi connectivity index (χ4n) is 1.57. The number of rotatable bonds is 4. The van der Waals surface area contributed by atoms with Crippen LogP contribution >= 0.6 is 22.9 Å². The summed E-state index contributed by atoms with van der Waals surface area (Å²) >= 11 is 6.98. The normalized spacial score (nSPS) is 10.1. The molecule has 0 aliphatic heterocycles. The minimum atomic E-state index is -0.414. The Balaban J connectivity index is 2.12. The standard InChI is InChI=1S/C14H12ClNO3S/c1-2-19-14(18)9-4-3-5-10(8-9)16-13(17)11-6-7-12(15)20-11/h3-8H,2H2,1H3,(H,16,17). The van der Waals surface area contributed by atoms with E-state index in [4.69, 9.17) is 16.3 Å². The molecule has 6 heteroatoms. The number of anilines is 1. The van der Waals surface area contributed by atoms with Gasteiger partial charge in [0.25, 0.3) is 5.91 Å². The predicted molar refractivity (Wildman–Crippen MR) is 79.7 cm³/mol. The molecule has 0 aliphatic rings. The van der Waals surface area contributed by atoms with Gasteiger partial charge in [-0.2, -0.15) is 0 Å². The summed E-state index contributed by atoms with van der Waals surface area (Å²) in [6, 6.07) is 9.91. The second-order valence-corrected chi connectivity index (χ2v) is 5.57. The van der Waals surface area contributed by atoms with Crippen molar-refractivity contribution in [2.75, 3.05) is 11.9 Å². The van der Waals surface area contributed by atoms with Gasteiger partial charge in [0.1, 0.15) is 0 Å². The van der Waals surface area contributed by atoms with Crippen LogP contribution in [0.1, 0.15) is 27.0 Å². The van der Waals surface area contributed by atoms with Crippen LogP contribution in [0.2, 0.25) is 4.34 Å². The lowest BCUT2D eigenvalue weighted by atomic mass is 10.2. The van der Waals surface area contributed by atoms with Gasteiger partial charge in [-0.15, -0.1) is 11.3 Å². The van der Waals surface area contributed by atoms with Crippen LogP contribution in [-0.4, -0.2) is 18.5 Å². The van der Waals surface area contributed by atoms with Crippen molar-refractivity contribution in [1.29, 1.82) is 0 Å². The van der Waals surface area contributed by atoms with Crippen molar-refractivity contribution in [2.45, 2.75) is 6.92 Å².